The molecule has 0 bridgehead atoms. The summed E-state index contributed by atoms with van der Waals surface area (Å²) < 4.78 is 14.7. The fourth-order valence-corrected chi connectivity index (χ4v) is 2.54. The lowest BCUT2D eigenvalue weighted by Gasteiger charge is -2.03. The van der Waals surface area contributed by atoms with Crippen molar-refractivity contribution in [1.29, 1.82) is 0 Å². The van der Waals surface area contributed by atoms with E-state index in [1.54, 1.807) is 18.3 Å². The third-order valence-electron chi connectivity index (χ3n) is 3.78. The van der Waals surface area contributed by atoms with Crippen molar-refractivity contribution >= 4 is 16.9 Å². The van der Waals surface area contributed by atoms with Crippen molar-refractivity contribution in [2.45, 2.75) is 6.54 Å². The van der Waals surface area contributed by atoms with Crippen LogP contribution in [0.25, 0.3) is 17.0 Å². The Morgan fingerprint density at radius 2 is 2.08 bits per heavy atom. The van der Waals surface area contributed by atoms with Crippen LogP contribution in [0.1, 0.15) is 15.9 Å². The van der Waals surface area contributed by atoms with E-state index < -0.39 is 0 Å². The Morgan fingerprint density at radius 3 is 2.92 bits per heavy atom. The number of nitrogens with zero attached hydrogens (tertiary/aromatic N) is 3. The summed E-state index contributed by atoms with van der Waals surface area (Å²) in [5.74, 6) is -0.0820. The van der Waals surface area contributed by atoms with E-state index in [1.165, 1.54) is 23.0 Å². The predicted octanol–water partition coefficient (Wildman–Crippen LogP) is 2.82. The summed E-state index contributed by atoms with van der Waals surface area (Å²) in [7, 11) is 0. The summed E-state index contributed by atoms with van der Waals surface area (Å²) in [6, 6.07) is 13.7. The number of rotatable bonds is 4. The Hall–Kier alpha value is -3.48. The summed E-state index contributed by atoms with van der Waals surface area (Å²) in [6.07, 6.45) is 3.06. The molecule has 6 nitrogen and oxygen atoms in total. The SMILES string of the molecule is O=C(NCc1cccc(F)c1)c1cnn(-c2nc3ccccc3[nH]2)c1. The van der Waals surface area contributed by atoms with E-state index in [-0.39, 0.29) is 18.3 Å². The number of imidazole rings is 1. The molecule has 2 heterocycles. The van der Waals surface area contributed by atoms with Crippen LogP contribution < -0.4 is 5.32 Å². The Bertz CT molecular complexity index is 1020. The second-order valence-electron chi connectivity index (χ2n) is 5.56. The van der Waals surface area contributed by atoms with Crippen LogP contribution in [0, 0.1) is 5.82 Å². The monoisotopic (exact) mass is 335 g/mol. The van der Waals surface area contributed by atoms with E-state index in [1.807, 2.05) is 24.3 Å². The van der Waals surface area contributed by atoms with Gasteiger partial charge in [0.15, 0.2) is 0 Å². The lowest BCUT2D eigenvalue weighted by atomic mass is 10.2. The zero-order valence-corrected chi connectivity index (χ0v) is 13.1. The molecule has 0 spiro atoms. The van der Waals surface area contributed by atoms with Gasteiger partial charge in [-0.3, -0.25) is 4.79 Å². The molecule has 2 N–H and O–H groups in total. The average molecular weight is 335 g/mol. The van der Waals surface area contributed by atoms with Gasteiger partial charge in [0.1, 0.15) is 5.82 Å². The summed E-state index contributed by atoms with van der Waals surface area (Å²) >= 11 is 0. The second-order valence-corrected chi connectivity index (χ2v) is 5.56. The number of amides is 1. The number of hydrogen-bond donors (Lipinski definition) is 2. The maximum absolute atomic E-state index is 13.2. The van der Waals surface area contributed by atoms with Crippen LogP contribution in [0.5, 0.6) is 0 Å². The molecule has 0 fully saturated rings. The van der Waals surface area contributed by atoms with Gasteiger partial charge in [-0.2, -0.15) is 5.10 Å². The van der Waals surface area contributed by atoms with Gasteiger partial charge in [-0.1, -0.05) is 24.3 Å². The van der Waals surface area contributed by atoms with Crippen LogP contribution in [0.2, 0.25) is 0 Å². The zero-order chi connectivity index (χ0) is 17.2. The molecular weight excluding hydrogens is 321 g/mol. The van der Waals surface area contributed by atoms with Crippen LogP contribution in [0.15, 0.2) is 60.9 Å². The number of H-pyrrole nitrogens is 1. The van der Waals surface area contributed by atoms with Crippen LogP contribution in [-0.4, -0.2) is 25.7 Å². The number of para-hydroxylation sites is 2. The molecule has 0 aliphatic carbocycles. The van der Waals surface area contributed by atoms with Crippen molar-refractivity contribution in [1.82, 2.24) is 25.1 Å². The molecule has 0 aliphatic heterocycles. The predicted molar refractivity (Wildman–Crippen MR) is 90.8 cm³/mol. The molecule has 1 amide bonds. The van der Waals surface area contributed by atoms with Gasteiger partial charge in [0.05, 0.1) is 22.8 Å². The summed E-state index contributed by atoms with van der Waals surface area (Å²) in [4.78, 5) is 19.8. The van der Waals surface area contributed by atoms with Gasteiger partial charge < -0.3 is 10.3 Å². The minimum absolute atomic E-state index is 0.242. The minimum atomic E-state index is -0.329. The number of hydrogen-bond acceptors (Lipinski definition) is 3. The number of nitrogens with one attached hydrogen (secondary N) is 2. The minimum Gasteiger partial charge on any atom is -0.348 e. The molecule has 0 radical (unpaired) electrons. The molecule has 0 unspecified atom stereocenters. The number of halogens is 1. The first-order valence-corrected chi connectivity index (χ1v) is 7.71. The van der Waals surface area contributed by atoms with Gasteiger partial charge in [-0.05, 0) is 29.8 Å². The molecule has 2 aromatic carbocycles. The van der Waals surface area contributed by atoms with Gasteiger partial charge >= 0.3 is 0 Å². The molecule has 7 heteroatoms. The van der Waals surface area contributed by atoms with E-state index in [4.69, 9.17) is 0 Å². The molecule has 2 aromatic heterocycles. The Balaban J connectivity index is 1.49. The quantitative estimate of drug-likeness (QED) is 0.602. The summed E-state index contributed by atoms with van der Waals surface area (Å²) in [5.41, 5.74) is 2.81. The van der Waals surface area contributed by atoms with Crippen molar-refractivity contribution in [2.75, 3.05) is 0 Å². The number of aromatic nitrogens is 4. The normalized spacial score (nSPS) is 10.9. The van der Waals surface area contributed by atoms with Crippen molar-refractivity contribution < 1.29 is 9.18 Å². The van der Waals surface area contributed by atoms with Crippen LogP contribution in [-0.2, 0) is 6.54 Å². The largest absolute Gasteiger partial charge is 0.348 e. The first kappa shape index (κ1) is 15.1. The molecule has 0 aliphatic rings. The lowest BCUT2D eigenvalue weighted by Crippen LogP contribution is -2.22. The van der Waals surface area contributed by atoms with Crippen LogP contribution >= 0.6 is 0 Å². The van der Waals surface area contributed by atoms with Crippen molar-refractivity contribution in [3.63, 3.8) is 0 Å². The molecule has 4 rings (SSSR count). The fourth-order valence-electron chi connectivity index (χ4n) is 2.54. The maximum atomic E-state index is 13.2. The van der Waals surface area contributed by atoms with Gasteiger partial charge in [0, 0.05) is 12.7 Å². The summed E-state index contributed by atoms with van der Waals surface area (Å²) in [5, 5.41) is 6.92. The van der Waals surface area contributed by atoms with Crippen LogP contribution in [0.4, 0.5) is 4.39 Å². The number of fused-ring (bicyclic) bond motifs is 1. The first-order chi connectivity index (χ1) is 12.2. The molecule has 25 heavy (non-hydrogen) atoms. The van der Waals surface area contributed by atoms with Gasteiger partial charge in [0.25, 0.3) is 5.91 Å². The van der Waals surface area contributed by atoms with Crippen molar-refractivity contribution in [2.24, 2.45) is 0 Å². The highest BCUT2D eigenvalue weighted by molar-refractivity contribution is 5.93. The zero-order valence-electron chi connectivity index (χ0n) is 13.1. The molecule has 124 valence electrons. The molecule has 0 saturated heterocycles. The van der Waals surface area contributed by atoms with Crippen LogP contribution in [0.3, 0.4) is 0 Å². The molecule has 0 saturated carbocycles. The highest BCUT2D eigenvalue weighted by Crippen LogP contribution is 2.13. The van der Waals surface area contributed by atoms with E-state index >= 15 is 0 Å². The Morgan fingerprint density at radius 1 is 1.20 bits per heavy atom. The Kier molecular flexibility index (Phi) is 3.74. The number of carbonyl (C=O) groups is 1. The van der Waals surface area contributed by atoms with E-state index in [0.29, 0.717) is 17.1 Å². The third kappa shape index (κ3) is 3.12. The highest BCUT2D eigenvalue weighted by atomic mass is 19.1. The van der Waals surface area contributed by atoms with Gasteiger partial charge in [-0.15, -0.1) is 0 Å². The smallest absolute Gasteiger partial charge is 0.254 e. The molecule has 0 atom stereocenters. The van der Waals surface area contributed by atoms with E-state index in [0.717, 1.165) is 11.0 Å². The molecule has 4 aromatic rings. The van der Waals surface area contributed by atoms with E-state index in [2.05, 4.69) is 20.4 Å². The third-order valence-corrected chi connectivity index (χ3v) is 3.78. The summed E-state index contributed by atoms with van der Waals surface area (Å²) in [6.45, 7) is 0.242. The second kappa shape index (κ2) is 6.20. The molecular formula is C18H14FN5O. The highest BCUT2D eigenvalue weighted by Gasteiger charge is 2.11. The Labute approximate surface area is 142 Å². The lowest BCUT2D eigenvalue weighted by molar-refractivity contribution is 0.0951. The first-order valence-electron chi connectivity index (χ1n) is 7.71. The van der Waals surface area contributed by atoms with Gasteiger partial charge in [0.2, 0.25) is 5.95 Å². The van der Waals surface area contributed by atoms with E-state index in [9.17, 15) is 9.18 Å². The number of benzene rings is 2. The fraction of sp³-hybridized carbons (Fsp3) is 0.0556. The van der Waals surface area contributed by atoms with Gasteiger partial charge in [-0.25, -0.2) is 14.1 Å². The number of carbonyl (C=O) groups excluding carboxylic acids is 1. The van der Waals surface area contributed by atoms with Crippen molar-refractivity contribution in [3.05, 3.63) is 77.9 Å². The van der Waals surface area contributed by atoms with Crippen molar-refractivity contribution in [3.8, 4) is 5.95 Å². The topological polar surface area (TPSA) is 75.6 Å². The number of aromatic amines is 1. The average Bonchev–Trinajstić information content (AvgIpc) is 3.26. The maximum Gasteiger partial charge on any atom is 0.254 e. The standard InChI is InChI=1S/C18H14FN5O/c19-14-5-3-4-12(8-14)9-20-17(25)13-10-21-24(11-13)18-22-15-6-1-2-7-16(15)23-18/h1-8,10-11H,9H2,(H,20,25)(H,22,23).